The third kappa shape index (κ3) is 5.86. The van der Waals surface area contributed by atoms with E-state index in [2.05, 4.69) is 26.6 Å². The molecule has 5 nitrogen and oxygen atoms in total. The van der Waals surface area contributed by atoms with Crippen molar-refractivity contribution in [1.29, 1.82) is 5.26 Å². The van der Waals surface area contributed by atoms with E-state index in [-0.39, 0.29) is 18.2 Å². The zero-order valence-electron chi connectivity index (χ0n) is 12.9. The van der Waals surface area contributed by atoms with Gasteiger partial charge in [0.25, 0.3) is 0 Å². The lowest BCUT2D eigenvalue weighted by Gasteiger charge is -2.07. The zero-order chi connectivity index (χ0) is 17.4. The van der Waals surface area contributed by atoms with Gasteiger partial charge in [0.1, 0.15) is 6.42 Å². The first kappa shape index (κ1) is 17.7. The second kappa shape index (κ2) is 8.85. The van der Waals surface area contributed by atoms with Gasteiger partial charge in [0.15, 0.2) is 0 Å². The molecule has 2 rings (SSSR count). The molecule has 0 unspecified atom stereocenters. The van der Waals surface area contributed by atoms with Crippen molar-refractivity contribution in [3.05, 3.63) is 64.1 Å². The van der Waals surface area contributed by atoms with Crippen molar-refractivity contribution in [1.82, 2.24) is 5.32 Å². The van der Waals surface area contributed by atoms with Crippen molar-refractivity contribution in [2.45, 2.75) is 19.4 Å². The topological polar surface area (TPSA) is 82.0 Å². The minimum Gasteiger partial charge on any atom is -0.352 e. The van der Waals surface area contributed by atoms with Crippen LogP contribution in [0.3, 0.4) is 0 Å². The molecule has 0 heterocycles. The average molecular weight is 386 g/mol. The predicted molar refractivity (Wildman–Crippen MR) is 95.0 cm³/mol. The Hall–Kier alpha value is -2.65. The number of amides is 2. The molecule has 6 heteroatoms. The lowest BCUT2D eigenvalue weighted by molar-refractivity contribution is -0.120. The number of carbonyl (C=O) groups excluding carboxylic acids is 2. The number of rotatable bonds is 6. The summed E-state index contributed by atoms with van der Waals surface area (Å²) >= 11 is 3.36. The number of nitrogens with zero attached hydrogens (tertiary/aromatic N) is 1. The van der Waals surface area contributed by atoms with Crippen molar-refractivity contribution in [3.8, 4) is 6.07 Å². The summed E-state index contributed by atoms with van der Waals surface area (Å²) in [5.41, 5.74) is 2.50. The van der Waals surface area contributed by atoms with Gasteiger partial charge < -0.3 is 10.6 Å². The van der Waals surface area contributed by atoms with E-state index in [9.17, 15) is 9.59 Å². The molecule has 0 spiro atoms. The molecule has 0 atom stereocenters. The second-order valence-corrected chi connectivity index (χ2v) is 6.08. The highest BCUT2D eigenvalue weighted by Gasteiger charge is 2.04. The van der Waals surface area contributed by atoms with Gasteiger partial charge in [0.05, 0.1) is 12.5 Å². The van der Waals surface area contributed by atoms with E-state index in [1.54, 1.807) is 18.2 Å². The normalized spacial score (nSPS) is 9.83. The molecule has 2 aromatic carbocycles. The van der Waals surface area contributed by atoms with Crippen molar-refractivity contribution < 1.29 is 9.59 Å². The maximum atomic E-state index is 11.9. The number of hydrogen-bond acceptors (Lipinski definition) is 3. The first-order chi connectivity index (χ1) is 11.6. The third-order valence-electron chi connectivity index (χ3n) is 3.24. The molecule has 0 bridgehead atoms. The monoisotopic (exact) mass is 385 g/mol. The van der Waals surface area contributed by atoms with E-state index in [4.69, 9.17) is 5.26 Å². The number of benzene rings is 2. The van der Waals surface area contributed by atoms with Crippen LogP contribution >= 0.6 is 15.9 Å². The summed E-state index contributed by atoms with van der Waals surface area (Å²) < 4.78 is 0.980. The van der Waals surface area contributed by atoms with Crippen LogP contribution in [0.15, 0.2) is 53.0 Å². The number of carbonyl (C=O) groups is 2. The molecular weight excluding hydrogens is 370 g/mol. The van der Waals surface area contributed by atoms with Crippen LogP contribution in [-0.2, 0) is 22.6 Å². The maximum Gasteiger partial charge on any atom is 0.238 e. The zero-order valence-corrected chi connectivity index (χ0v) is 14.5. The Morgan fingerprint density at radius 1 is 0.958 bits per heavy atom. The van der Waals surface area contributed by atoms with Gasteiger partial charge in [-0.1, -0.05) is 40.2 Å². The Labute approximate surface area is 148 Å². The van der Waals surface area contributed by atoms with Gasteiger partial charge in [0.2, 0.25) is 11.8 Å². The Morgan fingerprint density at radius 3 is 2.21 bits per heavy atom. The van der Waals surface area contributed by atoms with E-state index in [0.29, 0.717) is 18.7 Å². The Bertz CT molecular complexity index is 749. The summed E-state index contributed by atoms with van der Waals surface area (Å²) in [7, 11) is 0. The number of anilines is 1. The van der Waals surface area contributed by atoms with E-state index in [1.165, 1.54) is 0 Å². The van der Waals surface area contributed by atoms with Gasteiger partial charge >= 0.3 is 0 Å². The van der Waals surface area contributed by atoms with Crippen LogP contribution in [0.4, 0.5) is 5.69 Å². The fourth-order valence-corrected chi connectivity index (χ4v) is 2.30. The molecule has 2 aromatic rings. The van der Waals surface area contributed by atoms with Crippen LogP contribution in [0.1, 0.15) is 17.5 Å². The predicted octanol–water partition coefficient (Wildman–Crippen LogP) is 3.16. The standard InChI is InChI=1S/C18H16BrN3O2/c19-15-5-1-13(2-6-15)11-18(24)21-12-14-3-7-16(8-4-14)22-17(23)9-10-20/h1-8H,9,11-12H2,(H,21,24)(H,22,23). The number of nitriles is 1. The first-order valence-electron chi connectivity index (χ1n) is 7.33. The van der Waals surface area contributed by atoms with Crippen molar-refractivity contribution in [2.75, 3.05) is 5.32 Å². The maximum absolute atomic E-state index is 11.9. The number of nitrogens with one attached hydrogen (secondary N) is 2. The molecule has 2 N–H and O–H groups in total. The molecule has 24 heavy (non-hydrogen) atoms. The molecule has 0 aliphatic carbocycles. The minimum atomic E-state index is -0.340. The largest absolute Gasteiger partial charge is 0.352 e. The average Bonchev–Trinajstić information content (AvgIpc) is 2.56. The van der Waals surface area contributed by atoms with Gasteiger partial charge in [-0.25, -0.2) is 0 Å². The van der Waals surface area contributed by atoms with Gasteiger partial charge in [-0.05, 0) is 35.4 Å². The van der Waals surface area contributed by atoms with Crippen LogP contribution in [-0.4, -0.2) is 11.8 Å². The lowest BCUT2D eigenvalue weighted by Crippen LogP contribution is -2.24. The van der Waals surface area contributed by atoms with Crippen LogP contribution in [0.25, 0.3) is 0 Å². The van der Waals surface area contributed by atoms with E-state index in [0.717, 1.165) is 15.6 Å². The van der Waals surface area contributed by atoms with Crippen molar-refractivity contribution in [2.24, 2.45) is 0 Å². The molecule has 0 aliphatic rings. The summed E-state index contributed by atoms with van der Waals surface area (Å²) in [5.74, 6) is -0.392. The van der Waals surface area contributed by atoms with Crippen molar-refractivity contribution >= 4 is 33.4 Å². The first-order valence-corrected chi connectivity index (χ1v) is 8.13. The Balaban J connectivity index is 1.81. The summed E-state index contributed by atoms with van der Waals surface area (Å²) in [6.07, 6.45) is 0.156. The van der Waals surface area contributed by atoms with E-state index >= 15 is 0 Å². The second-order valence-electron chi connectivity index (χ2n) is 5.16. The third-order valence-corrected chi connectivity index (χ3v) is 3.77. The molecule has 0 saturated carbocycles. The number of halogens is 1. The smallest absolute Gasteiger partial charge is 0.238 e. The van der Waals surface area contributed by atoms with Crippen LogP contribution in [0, 0.1) is 11.3 Å². The van der Waals surface area contributed by atoms with Gasteiger partial charge in [-0.3, -0.25) is 9.59 Å². The van der Waals surface area contributed by atoms with Crippen LogP contribution < -0.4 is 10.6 Å². The van der Waals surface area contributed by atoms with E-state index < -0.39 is 0 Å². The molecule has 0 aromatic heterocycles. The number of hydrogen-bond donors (Lipinski definition) is 2. The summed E-state index contributed by atoms with van der Waals surface area (Å²) in [4.78, 5) is 23.3. The van der Waals surface area contributed by atoms with E-state index in [1.807, 2.05) is 36.4 Å². The molecule has 0 saturated heterocycles. The fraction of sp³-hybridized carbons (Fsp3) is 0.167. The highest BCUT2D eigenvalue weighted by molar-refractivity contribution is 9.10. The van der Waals surface area contributed by atoms with Gasteiger partial charge in [-0.15, -0.1) is 0 Å². The van der Waals surface area contributed by atoms with Gasteiger partial charge in [0, 0.05) is 16.7 Å². The van der Waals surface area contributed by atoms with Crippen LogP contribution in [0.2, 0.25) is 0 Å². The van der Waals surface area contributed by atoms with Crippen LogP contribution in [0.5, 0.6) is 0 Å². The minimum absolute atomic E-state index is 0.0521. The molecule has 0 aliphatic heterocycles. The quantitative estimate of drug-likeness (QED) is 0.800. The fourth-order valence-electron chi connectivity index (χ4n) is 2.03. The lowest BCUT2D eigenvalue weighted by atomic mass is 10.1. The van der Waals surface area contributed by atoms with Gasteiger partial charge in [-0.2, -0.15) is 5.26 Å². The molecular formula is C18H16BrN3O2. The summed E-state index contributed by atoms with van der Waals surface area (Å²) in [5, 5.41) is 13.9. The Kier molecular flexibility index (Phi) is 6.52. The summed E-state index contributed by atoms with van der Waals surface area (Å²) in [6, 6.07) is 16.5. The Morgan fingerprint density at radius 2 is 1.58 bits per heavy atom. The highest BCUT2D eigenvalue weighted by atomic mass is 79.9. The molecule has 0 fully saturated rings. The summed E-state index contributed by atoms with van der Waals surface area (Å²) in [6.45, 7) is 0.418. The molecule has 2 amide bonds. The highest BCUT2D eigenvalue weighted by Crippen LogP contribution is 2.12. The van der Waals surface area contributed by atoms with Crippen molar-refractivity contribution in [3.63, 3.8) is 0 Å². The molecule has 0 radical (unpaired) electrons. The SMILES string of the molecule is N#CCC(=O)Nc1ccc(CNC(=O)Cc2ccc(Br)cc2)cc1. The molecule has 122 valence electrons.